The Hall–Kier alpha value is -1.48. The third kappa shape index (κ3) is 2.23. The van der Waals surface area contributed by atoms with Gasteiger partial charge in [-0.25, -0.2) is 0 Å². The van der Waals surface area contributed by atoms with Crippen LogP contribution in [0.3, 0.4) is 0 Å². The van der Waals surface area contributed by atoms with Crippen LogP contribution in [0.4, 0.5) is 0 Å². The molecule has 0 unspecified atom stereocenters. The van der Waals surface area contributed by atoms with Gasteiger partial charge in [0.25, 0.3) is 0 Å². The lowest BCUT2D eigenvalue weighted by atomic mass is 10.3. The number of hydrogen-bond donors (Lipinski definition) is 2. The zero-order valence-electron chi connectivity index (χ0n) is 7.29. The molecule has 0 amide bonds. The Balaban J connectivity index is 1.76. The molecule has 0 aliphatic heterocycles. The summed E-state index contributed by atoms with van der Waals surface area (Å²) in [6, 6.07) is 5.91. The SMILES string of the molecule is c1coc(CNCc2cc[nH]c2)c1. The van der Waals surface area contributed by atoms with Gasteiger partial charge in [-0.15, -0.1) is 0 Å². The fourth-order valence-electron chi connectivity index (χ4n) is 1.21. The standard InChI is InChI=1S/C10H12N2O/c1-2-10(13-5-1)8-12-7-9-3-4-11-6-9/h1-6,11-12H,7-8H2. The molecule has 0 bridgehead atoms. The maximum atomic E-state index is 5.18. The molecule has 0 aromatic carbocycles. The van der Waals surface area contributed by atoms with Crippen LogP contribution in [0.5, 0.6) is 0 Å². The third-order valence-corrected chi connectivity index (χ3v) is 1.87. The van der Waals surface area contributed by atoms with E-state index >= 15 is 0 Å². The molecule has 2 aromatic heterocycles. The first-order valence-corrected chi connectivity index (χ1v) is 4.30. The normalized spacial score (nSPS) is 10.5. The van der Waals surface area contributed by atoms with E-state index in [1.165, 1.54) is 5.56 Å². The topological polar surface area (TPSA) is 41.0 Å². The van der Waals surface area contributed by atoms with Crippen LogP contribution in [0, 0.1) is 0 Å². The van der Waals surface area contributed by atoms with E-state index in [4.69, 9.17) is 4.42 Å². The van der Waals surface area contributed by atoms with E-state index in [-0.39, 0.29) is 0 Å². The first-order chi connectivity index (χ1) is 6.45. The van der Waals surface area contributed by atoms with Gasteiger partial charge in [-0.1, -0.05) is 0 Å². The number of aromatic amines is 1. The van der Waals surface area contributed by atoms with Crippen molar-refractivity contribution in [3.05, 3.63) is 48.2 Å². The molecule has 0 spiro atoms. The summed E-state index contributed by atoms with van der Waals surface area (Å²) < 4.78 is 5.18. The lowest BCUT2D eigenvalue weighted by molar-refractivity contribution is 0.483. The van der Waals surface area contributed by atoms with Gasteiger partial charge in [0.1, 0.15) is 5.76 Å². The van der Waals surface area contributed by atoms with Gasteiger partial charge in [-0.2, -0.15) is 0 Å². The lowest BCUT2D eigenvalue weighted by Crippen LogP contribution is -2.11. The summed E-state index contributed by atoms with van der Waals surface area (Å²) in [4.78, 5) is 3.01. The molecule has 3 heteroatoms. The monoisotopic (exact) mass is 176 g/mol. The van der Waals surface area contributed by atoms with E-state index in [0.29, 0.717) is 0 Å². The Kier molecular flexibility index (Phi) is 2.48. The molecule has 2 aromatic rings. The summed E-state index contributed by atoms with van der Waals surface area (Å²) in [5, 5.41) is 3.28. The van der Waals surface area contributed by atoms with Gasteiger partial charge in [-0.05, 0) is 23.8 Å². The van der Waals surface area contributed by atoms with Crippen LogP contribution < -0.4 is 5.32 Å². The molecule has 0 saturated carbocycles. The van der Waals surface area contributed by atoms with Crippen molar-refractivity contribution in [1.29, 1.82) is 0 Å². The van der Waals surface area contributed by atoms with Gasteiger partial charge in [0.15, 0.2) is 0 Å². The highest BCUT2D eigenvalue weighted by Gasteiger charge is 1.95. The van der Waals surface area contributed by atoms with E-state index in [1.54, 1.807) is 6.26 Å². The Morgan fingerprint density at radius 1 is 1.31 bits per heavy atom. The second-order valence-corrected chi connectivity index (χ2v) is 2.90. The minimum absolute atomic E-state index is 0.776. The summed E-state index contributed by atoms with van der Waals surface area (Å²) in [6.45, 7) is 1.64. The van der Waals surface area contributed by atoms with Crippen LogP contribution in [0.25, 0.3) is 0 Å². The maximum absolute atomic E-state index is 5.18. The molecule has 2 heterocycles. The maximum Gasteiger partial charge on any atom is 0.117 e. The summed E-state index contributed by atoms with van der Waals surface area (Å²) in [7, 11) is 0. The van der Waals surface area contributed by atoms with Crippen molar-refractivity contribution < 1.29 is 4.42 Å². The van der Waals surface area contributed by atoms with Crippen molar-refractivity contribution in [2.24, 2.45) is 0 Å². The van der Waals surface area contributed by atoms with E-state index in [2.05, 4.69) is 16.4 Å². The molecule has 13 heavy (non-hydrogen) atoms. The summed E-state index contributed by atoms with van der Waals surface area (Å²) in [6.07, 6.45) is 5.59. The van der Waals surface area contributed by atoms with Crippen molar-refractivity contribution in [3.8, 4) is 0 Å². The Bertz CT molecular complexity index is 289. The molecule has 68 valence electrons. The highest BCUT2D eigenvalue weighted by Crippen LogP contribution is 2.00. The number of rotatable bonds is 4. The predicted molar refractivity (Wildman–Crippen MR) is 50.0 cm³/mol. The summed E-state index contributed by atoms with van der Waals surface area (Å²) in [5.41, 5.74) is 1.26. The Morgan fingerprint density at radius 3 is 3.00 bits per heavy atom. The molecule has 3 nitrogen and oxygen atoms in total. The van der Waals surface area contributed by atoms with Crippen molar-refractivity contribution in [2.75, 3.05) is 0 Å². The number of furan rings is 1. The lowest BCUT2D eigenvalue weighted by Gasteiger charge is -1.99. The fraction of sp³-hybridized carbons (Fsp3) is 0.200. The first kappa shape index (κ1) is 8.13. The molecule has 2 rings (SSSR count). The molecule has 0 atom stereocenters. The van der Waals surface area contributed by atoms with Gasteiger partial charge < -0.3 is 14.7 Å². The molecule has 2 N–H and O–H groups in total. The molecule has 0 aliphatic rings. The van der Waals surface area contributed by atoms with Gasteiger partial charge in [0.05, 0.1) is 12.8 Å². The molecule has 0 aliphatic carbocycles. The van der Waals surface area contributed by atoms with Gasteiger partial charge in [0.2, 0.25) is 0 Å². The largest absolute Gasteiger partial charge is 0.468 e. The van der Waals surface area contributed by atoms with Gasteiger partial charge >= 0.3 is 0 Å². The zero-order valence-corrected chi connectivity index (χ0v) is 7.29. The summed E-state index contributed by atoms with van der Waals surface area (Å²) in [5.74, 6) is 0.968. The van der Waals surface area contributed by atoms with Crippen molar-refractivity contribution in [3.63, 3.8) is 0 Å². The van der Waals surface area contributed by atoms with E-state index < -0.39 is 0 Å². The minimum atomic E-state index is 0.776. The van der Waals surface area contributed by atoms with Gasteiger partial charge in [0, 0.05) is 18.9 Å². The quantitative estimate of drug-likeness (QED) is 0.747. The van der Waals surface area contributed by atoms with Gasteiger partial charge in [-0.3, -0.25) is 0 Å². The average molecular weight is 176 g/mol. The second-order valence-electron chi connectivity index (χ2n) is 2.90. The van der Waals surface area contributed by atoms with Crippen LogP contribution in [-0.2, 0) is 13.1 Å². The molecule has 0 saturated heterocycles. The number of nitrogens with one attached hydrogen (secondary N) is 2. The smallest absolute Gasteiger partial charge is 0.117 e. The van der Waals surface area contributed by atoms with E-state index in [1.807, 2.05) is 24.5 Å². The van der Waals surface area contributed by atoms with Crippen molar-refractivity contribution in [2.45, 2.75) is 13.1 Å². The molecular formula is C10H12N2O. The second kappa shape index (κ2) is 3.96. The predicted octanol–water partition coefficient (Wildman–Crippen LogP) is 1.90. The van der Waals surface area contributed by atoms with Crippen LogP contribution >= 0.6 is 0 Å². The molecule has 0 radical (unpaired) electrons. The summed E-state index contributed by atoms with van der Waals surface area (Å²) >= 11 is 0. The average Bonchev–Trinajstić information content (AvgIpc) is 2.75. The molecular weight excluding hydrogens is 164 g/mol. The van der Waals surface area contributed by atoms with E-state index in [0.717, 1.165) is 18.8 Å². The zero-order chi connectivity index (χ0) is 8.93. The van der Waals surface area contributed by atoms with E-state index in [9.17, 15) is 0 Å². The number of hydrogen-bond acceptors (Lipinski definition) is 2. The Labute approximate surface area is 76.8 Å². The van der Waals surface area contributed by atoms with Crippen LogP contribution in [0.2, 0.25) is 0 Å². The molecule has 0 fully saturated rings. The van der Waals surface area contributed by atoms with Crippen molar-refractivity contribution in [1.82, 2.24) is 10.3 Å². The third-order valence-electron chi connectivity index (χ3n) is 1.87. The first-order valence-electron chi connectivity index (χ1n) is 4.30. The Morgan fingerprint density at radius 2 is 2.31 bits per heavy atom. The van der Waals surface area contributed by atoms with Crippen molar-refractivity contribution >= 4 is 0 Å². The number of H-pyrrole nitrogens is 1. The van der Waals surface area contributed by atoms with Crippen LogP contribution in [0.1, 0.15) is 11.3 Å². The van der Waals surface area contributed by atoms with Crippen LogP contribution in [0.15, 0.2) is 41.3 Å². The van der Waals surface area contributed by atoms with Crippen LogP contribution in [-0.4, -0.2) is 4.98 Å². The highest BCUT2D eigenvalue weighted by molar-refractivity contribution is 5.08. The minimum Gasteiger partial charge on any atom is -0.468 e. The highest BCUT2D eigenvalue weighted by atomic mass is 16.3. The fourth-order valence-corrected chi connectivity index (χ4v) is 1.21. The number of aromatic nitrogens is 1.